The van der Waals surface area contributed by atoms with Crippen LogP contribution in [0.15, 0.2) is 6.20 Å². The highest BCUT2D eigenvalue weighted by molar-refractivity contribution is 5.11. The number of aromatic nitrogens is 2. The number of aliphatic hydroxyl groups is 1. The highest BCUT2D eigenvalue weighted by Gasteiger charge is 2.25. The molecule has 2 aliphatic rings. The fourth-order valence-corrected chi connectivity index (χ4v) is 3.87. The van der Waals surface area contributed by atoms with Crippen LogP contribution in [0, 0.1) is 5.92 Å². The molecule has 2 aliphatic heterocycles. The number of hydrogen-bond acceptors (Lipinski definition) is 3. The van der Waals surface area contributed by atoms with Crippen LogP contribution in [0.4, 0.5) is 0 Å². The molecular formula is C17H29N3O. The molecule has 3 heterocycles. The molecule has 0 bridgehead atoms. The molecule has 1 atom stereocenters. The van der Waals surface area contributed by atoms with E-state index in [-0.39, 0.29) is 12.5 Å². The van der Waals surface area contributed by atoms with Gasteiger partial charge in [-0.15, -0.1) is 0 Å². The SMILES string of the molecule is CC(C)N1CCC(Cc2cn3c(n2)C(CO)CCC3)CC1. The van der Waals surface area contributed by atoms with Crippen LogP contribution in [0.3, 0.4) is 0 Å². The van der Waals surface area contributed by atoms with Crippen molar-refractivity contribution in [1.82, 2.24) is 14.5 Å². The topological polar surface area (TPSA) is 41.3 Å². The van der Waals surface area contributed by atoms with E-state index in [1.165, 1.54) is 38.0 Å². The first-order valence-corrected chi connectivity index (χ1v) is 8.58. The summed E-state index contributed by atoms with van der Waals surface area (Å²) in [5, 5.41) is 9.49. The third-order valence-corrected chi connectivity index (χ3v) is 5.27. The Hall–Kier alpha value is -0.870. The first-order chi connectivity index (χ1) is 10.2. The van der Waals surface area contributed by atoms with Crippen molar-refractivity contribution in [3.63, 3.8) is 0 Å². The number of hydrogen-bond donors (Lipinski definition) is 1. The molecule has 1 fully saturated rings. The molecule has 1 N–H and O–H groups in total. The number of piperidine rings is 1. The maximum atomic E-state index is 9.49. The lowest BCUT2D eigenvalue weighted by molar-refractivity contribution is 0.149. The third kappa shape index (κ3) is 3.32. The van der Waals surface area contributed by atoms with Gasteiger partial charge in [-0.25, -0.2) is 4.98 Å². The molecule has 118 valence electrons. The van der Waals surface area contributed by atoms with Crippen LogP contribution in [-0.2, 0) is 13.0 Å². The smallest absolute Gasteiger partial charge is 0.114 e. The maximum Gasteiger partial charge on any atom is 0.114 e. The molecule has 3 rings (SSSR count). The van der Waals surface area contributed by atoms with Gasteiger partial charge in [0.15, 0.2) is 0 Å². The van der Waals surface area contributed by atoms with Gasteiger partial charge in [-0.2, -0.15) is 0 Å². The number of fused-ring (bicyclic) bond motifs is 1. The molecular weight excluding hydrogens is 262 g/mol. The Morgan fingerprint density at radius 1 is 1.24 bits per heavy atom. The summed E-state index contributed by atoms with van der Waals surface area (Å²) < 4.78 is 2.28. The first kappa shape index (κ1) is 15.0. The number of likely N-dealkylation sites (tertiary alicyclic amines) is 1. The van der Waals surface area contributed by atoms with Gasteiger partial charge < -0.3 is 14.6 Å². The quantitative estimate of drug-likeness (QED) is 0.926. The minimum absolute atomic E-state index is 0.239. The Morgan fingerprint density at radius 3 is 2.67 bits per heavy atom. The fourth-order valence-electron chi connectivity index (χ4n) is 3.87. The minimum atomic E-state index is 0.239. The molecule has 1 unspecified atom stereocenters. The van der Waals surface area contributed by atoms with E-state index >= 15 is 0 Å². The van der Waals surface area contributed by atoms with Gasteiger partial charge in [0, 0.05) is 24.7 Å². The monoisotopic (exact) mass is 291 g/mol. The summed E-state index contributed by atoms with van der Waals surface area (Å²) in [5.41, 5.74) is 1.24. The number of nitrogens with zero attached hydrogens (tertiary/aromatic N) is 3. The minimum Gasteiger partial charge on any atom is -0.396 e. The van der Waals surface area contributed by atoms with E-state index in [4.69, 9.17) is 4.98 Å². The molecule has 1 aromatic heterocycles. The van der Waals surface area contributed by atoms with E-state index in [0.29, 0.717) is 6.04 Å². The summed E-state index contributed by atoms with van der Waals surface area (Å²) in [5.74, 6) is 2.16. The van der Waals surface area contributed by atoms with Crippen molar-refractivity contribution < 1.29 is 5.11 Å². The van der Waals surface area contributed by atoms with Crippen LogP contribution in [-0.4, -0.2) is 45.3 Å². The second kappa shape index (κ2) is 6.49. The van der Waals surface area contributed by atoms with Gasteiger partial charge in [-0.3, -0.25) is 0 Å². The lowest BCUT2D eigenvalue weighted by Crippen LogP contribution is -2.38. The van der Waals surface area contributed by atoms with Gasteiger partial charge in [0.25, 0.3) is 0 Å². The lowest BCUT2D eigenvalue weighted by Gasteiger charge is -2.34. The average molecular weight is 291 g/mol. The van der Waals surface area contributed by atoms with Crippen LogP contribution in [0.1, 0.15) is 57.0 Å². The van der Waals surface area contributed by atoms with Crippen molar-refractivity contribution in [1.29, 1.82) is 0 Å². The molecule has 0 radical (unpaired) electrons. The Kier molecular flexibility index (Phi) is 4.65. The van der Waals surface area contributed by atoms with E-state index in [0.717, 1.165) is 31.1 Å². The zero-order chi connectivity index (χ0) is 14.8. The highest BCUT2D eigenvalue weighted by atomic mass is 16.3. The van der Waals surface area contributed by atoms with Crippen LogP contribution in [0.2, 0.25) is 0 Å². The zero-order valence-corrected chi connectivity index (χ0v) is 13.5. The molecule has 0 aliphatic carbocycles. The number of rotatable bonds is 4. The van der Waals surface area contributed by atoms with Crippen molar-refractivity contribution in [2.45, 2.75) is 64.5 Å². The maximum absolute atomic E-state index is 9.49. The third-order valence-electron chi connectivity index (χ3n) is 5.27. The van der Waals surface area contributed by atoms with Crippen molar-refractivity contribution in [2.75, 3.05) is 19.7 Å². The predicted molar refractivity (Wildman–Crippen MR) is 84.4 cm³/mol. The molecule has 1 saturated heterocycles. The molecule has 0 spiro atoms. The number of imidazole rings is 1. The van der Waals surface area contributed by atoms with Gasteiger partial charge >= 0.3 is 0 Å². The summed E-state index contributed by atoms with van der Waals surface area (Å²) in [4.78, 5) is 7.42. The van der Waals surface area contributed by atoms with Crippen molar-refractivity contribution in [3.05, 3.63) is 17.7 Å². The summed E-state index contributed by atoms with van der Waals surface area (Å²) in [7, 11) is 0. The number of aliphatic hydroxyl groups excluding tert-OH is 1. The molecule has 4 heteroatoms. The fraction of sp³-hybridized carbons (Fsp3) is 0.824. The van der Waals surface area contributed by atoms with Crippen molar-refractivity contribution in [2.24, 2.45) is 5.92 Å². The molecule has 4 nitrogen and oxygen atoms in total. The molecule has 0 aromatic carbocycles. The summed E-state index contributed by atoms with van der Waals surface area (Å²) in [6.07, 6.45) is 8.20. The van der Waals surface area contributed by atoms with Crippen molar-refractivity contribution in [3.8, 4) is 0 Å². The molecule has 1 aromatic rings. The Bertz CT molecular complexity index is 461. The van der Waals surface area contributed by atoms with E-state index in [2.05, 4.69) is 29.5 Å². The molecule has 21 heavy (non-hydrogen) atoms. The summed E-state index contributed by atoms with van der Waals surface area (Å²) in [6.45, 7) is 8.36. The van der Waals surface area contributed by atoms with E-state index in [9.17, 15) is 5.11 Å². The van der Waals surface area contributed by atoms with Crippen molar-refractivity contribution >= 4 is 0 Å². The van der Waals surface area contributed by atoms with Gasteiger partial charge in [-0.1, -0.05) is 0 Å². The van der Waals surface area contributed by atoms with E-state index < -0.39 is 0 Å². The lowest BCUT2D eigenvalue weighted by atomic mass is 9.92. The van der Waals surface area contributed by atoms with Crippen LogP contribution in [0.5, 0.6) is 0 Å². The van der Waals surface area contributed by atoms with Crippen LogP contribution >= 0.6 is 0 Å². The highest BCUT2D eigenvalue weighted by Crippen LogP contribution is 2.28. The standard InChI is InChI=1S/C17H29N3O/c1-13(2)19-8-5-14(6-9-19)10-16-11-20-7-3-4-15(12-21)17(20)18-16/h11,13-15,21H,3-10,12H2,1-2H3. The van der Waals surface area contributed by atoms with E-state index in [1.807, 2.05) is 0 Å². The normalized spacial score (nSPS) is 24.5. The summed E-state index contributed by atoms with van der Waals surface area (Å²) in [6, 6.07) is 0.677. The van der Waals surface area contributed by atoms with Gasteiger partial charge in [-0.05, 0) is 65.0 Å². The van der Waals surface area contributed by atoms with Gasteiger partial charge in [0.1, 0.15) is 5.82 Å². The average Bonchev–Trinajstić information content (AvgIpc) is 2.90. The second-order valence-corrected chi connectivity index (χ2v) is 7.08. The largest absolute Gasteiger partial charge is 0.396 e. The van der Waals surface area contributed by atoms with Crippen LogP contribution < -0.4 is 0 Å². The van der Waals surface area contributed by atoms with Gasteiger partial charge in [0.05, 0.1) is 12.3 Å². The number of aryl methyl sites for hydroxylation is 1. The molecule has 0 saturated carbocycles. The molecule has 0 amide bonds. The Balaban J connectivity index is 1.60. The van der Waals surface area contributed by atoms with Gasteiger partial charge in [0.2, 0.25) is 0 Å². The summed E-state index contributed by atoms with van der Waals surface area (Å²) >= 11 is 0. The predicted octanol–water partition coefficient (Wildman–Crippen LogP) is 2.42. The zero-order valence-electron chi connectivity index (χ0n) is 13.5. The first-order valence-electron chi connectivity index (χ1n) is 8.58. The van der Waals surface area contributed by atoms with Crippen LogP contribution in [0.25, 0.3) is 0 Å². The Labute approximate surface area is 128 Å². The van der Waals surface area contributed by atoms with E-state index in [1.54, 1.807) is 0 Å². The Morgan fingerprint density at radius 2 is 2.00 bits per heavy atom. The second-order valence-electron chi connectivity index (χ2n) is 7.08.